The van der Waals surface area contributed by atoms with E-state index in [0.717, 1.165) is 28.4 Å². The Kier molecular flexibility index (Phi) is 7.13. The molecule has 3 rings (SSSR count). The van der Waals surface area contributed by atoms with Crippen molar-refractivity contribution in [3.8, 4) is 17.1 Å². The van der Waals surface area contributed by atoms with Crippen molar-refractivity contribution in [2.75, 3.05) is 25.6 Å². The number of ketones is 1. The van der Waals surface area contributed by atoms with E-state index in [0.29, 0.717) is 6.61 Å². The molecule has 0 aliphatic rings. The SMILES string of the molecule is CCOc1ccc(-c2n(/N=C/c3ccc(N(C)C)cc3)cc[n+]2CC(=O)C(C)(C)C)cc1. The third-order valence-electron chi connectivity index (χ3n) is 5.19. The van der Waals surface area contributed by atoms with Crippen molar-refractivity contribution in [1.29, 1.82) is 0 Å². The van der Waals surface area contributed by atoms with Gasteiger partial charge >= 0.3 is 5.82 Å². The average molecular weight is 434 g/mol. The second kappa shape index (κ2) is 9.81. The number of anilines is 1. The van der Waals surface area contributed by atoms with Crippen LogP contribution in [-0.2, 0) is 11.3 Å². The second-order valence-electron chi connectivity index (χ2n) is 8.96. The van der Waals surface area contributed by atoms with Crippen LogP contribution in [0.4, 0.5) is 5.69 Å². The Labute approximate surface area is 190 Å². The molecule has 3 aromatic rings. The minimum Gasteiger partial charge on any atom is -0.494 e. The van der Waals surface area contributed by atoms with Crippen LogP contribution < -0.4 is 14.2 Å². The highest BCUT2D eigenvalue weighted by atomic mass is 16.5. The van der Waals surface area contributed by atoms with Crippen LogP contribution in [0.5, 0.6) is 5.75 Å². The standard InChI is InChI=1S/C26H33N4O2/c1-7-32-23-14-10-21(11-15-23)25-29(19-24(31)26(2,3)4)16-17-30(25)27-18-20-8-12-22(13-9-20)28(5)6/h8-18H,7,19H2,1-6H3/q+1/b27-18+. The number of rotatable bonds is 8. The molecule has 0 fully saturated rings. The fraction of sp³-hybridized carbons (Fsp3) is 0.346. The van der Waals surface area contributed by atoms with Crippen LogP contribution in [0.15, 0.2) is 66.0 Å². The Balaban J connectivity index is 1.97. The maximum Gasteiger partial charge on any atom is 0.314 e. The molecule has 0 radical (unpaired) electrons. The normalized spacial score (nSPS) is 11.7. The smallest absolute Gasteiger partial charge is 0.314 e. The lowest BCUT2D eigenvalue weighted by molar-refractivity contribution is -0.673. The zero-order valence-electron chi connectivity index (χ0n) is 19.9. The molecule has 0 atom stereocenters. The summed E-state index contributed by atoms with van der Waals surface area (Å²) in [5.41, 5.74) is 2.68. The van der Waals surface area contributed by atoms with E-state index in [2.05, 4.69) is 17.0 Å². The summed E-state index contributed by atoms with van der Waals surface area (Å²) in [6, 6.07) is 16.1. The van der Waals surface area contributed by atoms with Gasteiger partial charge in [-0.2, -0.15) is 0 Å². The van der Waals surface area contributed by atoms with Crippen molar-refractivity contribution >= 4 is 17.7 Å². The predicted octanol–water partition coefficient (Wildman–Crippen LogP) is 4.40. The largest absolute Gasteiger partial charge is 0.494 e. The molecule has 0 amide bonds. The van der Waals surface area contributed by atoms with Gasteiger partial charge in [-0.15, -0.1) is 4.68 Å². The van der Waals surface area contributed by atoms with Crippen LogP contribution in [0.1, 0.15) is 33.3 Å². The molecule has 0 unspecified atom stereocenters. The van der Waals surface area contributed by atoms with Gasteiger partial charge in [0, 0.05) is 25.2 Å². The zero-order chi connectivity index (χ0) is 23.3. The Bertz CT molecular complexity index is 1070. The quantitative estimate of drug-likeness (QED) is 0.391. The first-order chi connectivity index (χ1) is 15.2. The Morgan fingerprint density at radius 3 is 2.31 bits per heavy atom. The van der Waals surface area contributed by atoms with E-state index in [-0.39, 0.29) is 12.3 Å². The van der Waals surface area contributed by atoms with Crippen LogP contribution in [0.2, 0.25) is 0 Å². The van der Waals surface area contributed by atoms with Crippen molar-refractivity contribution in [2.24, 2.45) is 10.5 Å². The summed E-state index contributed by atoms with van der Waals surface area (Å²) >= 11 is 0. The highest BCUT2D eigenvalue weighted by Gasteiger charge is 2.27. The van der Waals surface area contributed by atoms with E-state index in [9.17, 15) is 4.79 Å². The third-order valence-corrected chi connectivity index (χ3v) is 5.19. The van der Waals surface area contributed by atoms with E-state index >= 15 is 0 Å². The van der Waals surface area contributed by atoms with Gasteiger partial charge < -0.3 is 9.64 Å². The van der Waals surface area contributed by atoms with Crippen LogP contribution in [0.3, 0.4) is 0 Å². The molecule has 0 N–H and O–H groups in total. The van der Waals surface area contributed by atoms with Gasteiger partial charge in [0.15, 0.2) is 12.0 Å². The molecule has 32 heavy (non-hydrogen) atoms. The fourth-order valence-corrected chi connectivity index (χ4v) is 3.18. The van der Waals surface area contributed by atoms with Crippen molar-refractivity contribution in [1.82, 2.24) is 4.68 Å². The van der Waals surface area contributed by atoms with Gasteiger partial charge in [0.2, 0.25) is 0 Å². The summed E-state index contributed by atoms with van der Waals surface area (Å²) < 4.78 is 9.34. The van der Waals surface area contributed by atoms with E-state index in [1.807, 2.05) is 106 Å². The molecular formula is C26H33N4O2+. The van der Waals surface area contributed by atoms with Crippen molar-refractivity contribution in [2.45, 2.75) is 34.2 Å². The summed E-state index contributed by atoms with van der Waals surface area (Å²) in [7, 11) is 4.04. The lowest BCUT2D eigenvalue weighted by Gasteiger charge is -2.15. The number of nitrogens with zero attached hydrogens (tertiary/aromatic N) is 4. The van der Waals surface area contributed by atoms with Crippen LogP contribution >= 0.6 is 0 Å². The molecule has 0 aliphatic heterocycles. The van der Waals surface area contributed by atoms with Gasteiger partial charge in [0.25, 0.3) is 0 Å². The van der Waals surface area contributed by atoms with Crippen LogP contribution in [-0.4, -0.2) is 37.4 Å². The fourth-order valence-electron chi connectivity index (χ4n) is 3.18. The molecular weight excluding hydrogens is 400 g/mol. The number of ether oxygens (including phenoxy) is 1. The third kappa shape index (κ3) is 5.63. The molecule has 0 aliphatic carbocycles. The maximum atomic E-state index is 12.7. The van der Waals surface area contributed by atoms with Crippen LogP contribution in [0.25, 0.3) is 11.4 Å². The molecule has 0 saturated carbocycles. The van der Waals surface area contributed by atoms with Gasteiger partial charge in [0.1, 0.15) is 18.5 Å². The highest BCUT2D eigenvalue weighted by Crippen LogP contribution is 2.22. The summed E-state index contributed by atoms with van der Waals surface area (Å²) in [4.78, 5) is 14.8. The topological polar surface area (TPSA) is 50.7 Å². The molecule has 1 aromatic heterocycles. The van der Waals surface area contributed by atoms with Gasteiger partial charge in [-0.3, -0.25) is 4.79 Å². The highest BCUT2D eigenvalue weighted by molar-refractivity contribution is 5.82. The maximum absolute atomic E-state index is 12.7. The first kappa shape index (κ1) is 23.3. The monoisotopic (exact) mass is 433 g/mol. The molecule has 168 valence electrons. The summed E-state index contributed by atoms with van der Waals surface area (Å²) in [6.07, 6.45) is 5.61. The lowest BCUT2D eigenvalue weighted by atomic mass is 9.91. The molecule has 2 aromatic carbocycles. The molecule has 6 heteroatoms. The number of benzene rings is 2. The number of aromatic nitrogens is 2. The minimum atomic E-state index is -0.414. The summed E-state index contributed by atoms with van der Waals surface area (Å²) in [6.45, 7) is 8.70. The predicted molar refractivity (Wildman–Crippen MR) is 129 cm³/mol. The van der Waals surface area contributed by atoms with Gasteiger partial charge in [0.05, 0.1) is 18.4 Å². The number of hydrogen-bond acceptors (Lipinski definition) is 4. The minimum absolute atomic E-state index is 0.163. The Hall–Kier alpha value is -3.41. The number of Topliss-reactive ketones (excluding diaryl/α,β-unsaturated/α-hetero) is 1. The Morgan fingerprint density at radius 1 is 1.09 bits per heavy atom. The van der Waals surface area contributed by atoms with Gasteiger partial charge in [-0.25, -0.2) is 4.57 Å². The number of hydrogen-bond donors (Lipinski definition) is 0. The first-order valence-electron chi connectivity index (χ1n) is 10.9. The van der Waals surface area contributed by atoms with E-state index in [1.165, 1.54) is 0 Å². The van der Waals surface area contributed by atoms with Crippen LogP contribution in [0, 0.1) is 5.41 Å². The van der Waals surface area contributed by atoms with E-state index < -0.39 is 5.41 Å². The number of carbonyl (C=O) groups excluding carboxylic acids is 1. The molecule has 6 nitrogen and oxygen atoms in total. The number of imidazole rings is 1. The number of carbonyl (C=O) groups is 1. The van der Waals surface area contributed by atoms with Crippen molar-refractivity contribution in [3.05, 3.63) is 66.5 Å². The zero-order valence-corrected chi connectivity index (χ0v) is 19.9. The second-order valence-corrected chi connectivity index (χ2v) is 8.96. The molecule has 1 heterocycles. The van der Waals surface area contributed by atoms with Gasteiger partial charge in [-0.1, -0.05) is 38.0 Å². The van der Waals surface area contributed by atoms with E-state index in [1.54, 1.807) is 0 Å². The first-order valence-corrected chi connectivity index (χ1v) is 10.9. The van der Waals surface area contributed by atoms with E-state index in [4.69, 9.17) is 9.84 Å². The molecule has 0 spiro atoms. The lowest BCUT2D eigenvalue weighted by Crippen LogP contribution is -2.42. The summed E-state index contributed by atoms with van der Waals surface area (Å²) in [5, 5.41) is 4.69. The Morgan fingerprint density at radius 2 is 1.75 bits per heavy atom. The summed E-state index contributed by atoms with van der Waals surface area (Å²) in [5.74, 6) is 1.82. The average Bonchev–Trinajstić information content (AvgIpc) is 3.15. The van der Waals surface area contributed by atoms with Crippen molar-refractivity contribution in [3.63, 3.8) is 0 Å². The molecule has 0 bridgehead atoms. The molecule has 0 saturated heterocycles. The van der Waals surface area contributed by atoms with Gasteiger partial charge in [-0.05, 0) is 48.9 Å². The van der Waals surface area contributed by atoms with Crippen molar-refractivity contribution < 1.29 is 14.1 Å².